The highest BCUT2D eigenvalue weighted by Gasteiger charge is 2.42. The fourth-order valence-corrected chi connectivity index (χ4v) is 1.93. The van der Waals surface area contributed by atoms with Crippen LogP contribution in [0.1, 0.15) is 11.1 Å². The summed E-state index contributed by atoms with van der Waals surface area (Å²) in [5, 5.41) is -0.160. The van der Waals surface area contributed by atoms with Gasteiger partial charge in [-0.1, -0.05) is 17.4 Å². The van der Waals surface area contributed by atoms with Gasteiger partial charge in [0.05, 0.1) is 22.8 Å². The number of thiazole rings is 1. The molecule has 0 N–H and O–H groups in total. The summed E-state index contributed by atoms with van der Waals surface area (Å²) in [5.74, 6) is -1.27. The molecular formula is C11H5F6NOS. The normalized spacial score (nSPS) is 12.5. The summed E-state index contributed by atoms with van der Waals surface area (Å²) in [4.78, 5) is 3.53. The van der Waals surface area contributed by atoms with E-state index in [9.17, 15) is 26.3 Å². The number of halogens is 6. The van der Waals surface area contributed by atoms with Crippen LogP contribution in [-0.4, -0.2) is 4.98 Å². The van der Waals surface area contributed by atoms with E-state index in [1.54, 1.807) is 0 Å². The minimum Gasteiger partial charge on any atom is -0.444 e. The van der Waals surface area contributed by atoms with Crippen molar-refractivity contribution in [1.29, 1.82) is 0 Å². The van der Waals surface area contributed by atoms with Crippen molar-refractivity contribution in [3.63, 3.8) is 0 Å². The van der Waals surface area contributed by atoms with E-state index >= 15 is 0 Å². The molecule has 0 bridgehead atoms. The smallest absolute Gasteiger partial charge is 0.420 e. The third-order valence-electron chi connectivity index (χ3n) is 2.24. The first kappa shape index (κ1) is 14.6. The lowest BCUT2D eigenvalue weighted by Gasteiger charge is -2.17. The molecule has 0 saturated carbocycles. The predicted molar refractivity (Wildman–Crippen MR) is 58.6 cm³/mol. The number of para-hydroxylation sites is 1. The molecule has 0 fully saturated rings. The van der Waals surface area contributed by atoms with Crippen LogP contribution >= 0.6 is 11.3 Å². The molecule has 0 saturated heterocycles. The zero-order chi connectivity index (χ0) is 15.0. The molecule has 108 valence electrons. The van der Waals surface area contributed by atoms with Gasteiger partial charge in [-0.3, -0.25) is 0 Å². The van der Waals surface area contributed by atoms with Gasteiger partial charge in [0.1, 0.15) is 0 Å². The van der Waals surface area contributed by atoms with Gasteiger partial charge in [0.25, 0.3) is 0 Å². The van der Waals surface area contributed by atoms with Crippen molar-refractivity contribution in [2.45, 2.75) is 12.4 Å². The van der Waals surface area contributed by atoms with Crippen molar-refractivity contribution >= 4 is 11.3 Å². The second-order valence-electron chi connectivity index (χ2n) is 3.60. The fourth-order valence-electron chi connectivity index (χ4n) is 1.45. The van der Waals surface area contributed by atoms with Crippen LogP contribution in [0.5, 0.6) is 10.8 Å². The third-order valence-corrected chi connectivity index (χ3v) is 2.89. The topological polar surface area (TPSA) is 22.1 Å². The van der Waals surface area contributed by atoms with E-state index in [0.717, 1.165) is 17.5 Å². The molecule has 0 unspecified atom stereocenters. The van der Waals surface area contributed by atoms with Crippen LogP contribution in [0.15, 0.2) is 29.9 Å². The summed E-state index contributed by atoms with van der Waals surface area (Å²) in [5.41, 5.74) is -1.74. The summed E-state index contributed by atoms with van der Waals surface area (Å²) >= 11 is 0.788. The molecule has 0 spiro atoms. The lowest BCUT2D eigenvalue weighted by molar-refractivity contribution is -0.144. The maximum absolute atomic E-state index is 12.8. The van der Waals surface area contributed by atoms with Gasteiger partial charge < -0.3 is 4.74 Å². The van der Waals surface area contributed by atoms with E-state index < -0.39 is 29.2 Å². The Morgan fingerprint density at radius 2 is 1.50 bits per heavy atom. The van der Waals surface area contributed by atoms with Crippen LogP contribution in [0.3, 0.4) is 0 Å². The number of hydrogen-bond donors (Lipinski definition) is 0. The van der Waals surface area contributed by atoms with Gasteiger partial charge in [0, 0.05) is 0 Å². The minimum absolute atomic E-state index is 0.160. The molecule has 2 aromatic rings. The minimum atomic E-state index is -4.96. The van der Waals surface area contributed by atoms with E-state index in [1.165, 1.54) is 5.51 Å². The molecule has 0 radical (unpaired) electrons. The quantitative estimate of drug-likeness (QED) is 0.730. The lowest BCUT2D eigenvalue weighted by atomic mass is 10.1. The molecule has 2 rings (SSSR count). The van der Waals surface area contributed by atoms with Crippen LogP contribution in [-0.2, 0) is 12.4 Å². The van der Waals surface area contributed by atoms with Crippen molar-refractivity contribution in [3.8, 4) is 10.8 Å². The maximum Gasteiger partial charge on any atom is 0.420 e. The highest BCUT2D eigenvalue weighted by molar-refractivity contribution is 7.11. The molecule has 2 nitrogen and oxygen atoms in total. The summed E-state index contributed by atoms with van der Waals surface area (Å²) in [6, 6.07) is 1.75. The van der Waals surface area contributed by atoms with Crippen LogP contribution < -0.4 is 4.74 Å². The monoisotopic (exact) mass is 313 g/mol. The van der Waals surface area contributed by atoms with Gasteiger partial charge in [-0.15, -0.1) is 0 Å². The predicted octanol–water partition coefficient (Wildman–Crippen LogP) is 4.97. The highest BCUT2D eigenvalue weighted by atomic mass is 32.1. The molecule has 0 aliphatic heterocycles. The van der Waals surface area contributed by atoms with Crippen molar-refractivity contribution in [3.05, 3.63) is 41.0 Å². The molecule has 1 aromatic heterocycles. The third kappa shape index (κ3) is 3.03. The van der Waals surface area contributed by atoms with E-state index in [-0.39, 0.29) is 5.06 Å². The highest BCUT2D eigenvalue weighted by Crippen LogP contribution is 2.45. The van der Waals surface area contributed by atoms with Gasteiger partial charge in [-0.2, -0.15) is 26.3 Å². The first-order valence-corrected chi connectivity index (χ1v) is 5.91. The molecule has 1 heterocycles. The molecule has 20 heavy (non-hydrogen) atoms. The number of ether oxygens (including phenoxy) is 1. The first-order chi connectivity index (χ1) is 9.19. The Bertz CT molecular complexity index is 558. The standard InChI is InChI=1S/C11H5F6NOS/c12-10(13,14)6-2-1-3-7(11(15,16)17)9(6)19-8-4-18-5-20-8/h1-5H. The second-order valence-corrected chi connectivity index (χ2v) is 4.45. The number of nitrogens with zero attached hydrogens (tertiary/aromatic N) is 1. The van der Waals surface area contributed by atoms with Gasteiger partial charge in [0.2, 0.25) is 5.06 Å². The van der Waals surface area contributed by atoms with E-state index in [0.29, 0.717) is 18.2 Å². The van der Waals surface area contributed by atoms with Crippen molar-refractivity contribution in [2.24, 2.45) is 0 Å². The largest absolute Gasteiger partial charge is 0.444 e. The number of benzene rings is 1. The molecule has 0 aliphatic carbocycles. The molecule has 1 aromatic carbocycles. The zero-order valence-electron chi connectivity index (χ0n) is 9.42. The Labute approximate surface area is 112 Å². The average molecular weight is 313 g/mol. The maximum atomic E-state index is 12.8. The number of aromatic nitrogens is 1. The van der Waals surface area contributed by atoms with Gasteiger partial charge in [-0.25, -0.2) is 4.98 Å². The summed E-state index contributed by atoms with van der Waals surface area (Å²) in [7, 11) is 0. The molecule has 0 atom stereocenters. The van der Waals surface area contributed by atoms with Crippen molar-refractivity contribution < 1.29 is 31.1 Å². The Balaban J connectivity index is 2.59. The summed E-state index contributed by atoms with van der Waals surface area (Å²) < 4.78 is 81.5. The number of alkyl halides is 6. The van der Waals surface area contributed by atoms with Crippen molar-refractivity contribution in [1.82, 2.24) is 4.98 Å². The number of hydrogen-bond acceptors (Lipinski definition) is 3. The first-order valence-electron chi connectivity index (χ1n) is 5.03. The Morgan fingerprint density at radius 3 is 1.90 bits per heavy atom. The Morgan fingerprint density at radius 1 is 0.950 bits per heavy atom. The van der Waals surface area contributed by atoms with Crippen LogP contribution in [0.4, 0.5) is 26.3 Å². The molecule has 0 amide bonds. The van der Waals surface area contributed by atoms with Crippen LogP contribution in [0, 0.1) is 0 Å². The summed E-state index contributed by atoms with van der Waals surface area (Å²) in [6.45, 7) is 0. The number of rotatable bonds is 2. The van der Waals surface area contributed by atoms with Crippen LogP contribution in [0.2, 0.25) is 0 Å². The van der Waals surface area contributed by atoms with Gasteiger partial charge in [-0.05, 0) is 12.1 Å². The van der Waals surface area contributed by atoms with E-state index in [4.69, 9.17) is 4.74 Å². The van der Waals surface area contributed by atoms with Gasteiger partial charge >= 0.3 is 12.4 Å². The van der Waals surface area contributed by atoms with Crippen LogP contribution in [0.25, 0.3) is 0 Å². The van der Waals surface area contributed by atoms with E-state index in [1.807, 2.05) is 0 Å². The fraction of sp³-hybridized carbons (Fsp3) is 0.182. The molecule has 0 aliphatic rings. The zero-order valence-corrected chi connectivity index (χ0v) is 10.2. The Hall–Kier alpha value is -1.77. The van der Waals surface area contributed by atoms with Gasteiger partial charge in [0.15, 0.2) is 5.75 Å². The van der Waals surface area contributed by atoms with E-state index in [2.05, 4.69) is 4.98 Å². The SMILES string of the molecule is FC(F)(F)c1cccc(C(F)(F)F)c1Oc1cncs1. The molecular weight excluding hydrogens is 308 g/mol. The lowest BCUT2D eigenvalue weighted by Crippen LogP contribution is -2.13. The second kappa shape index (κ2) is 4.97. The summed E-state index contributed by atoms with van der Waals surface area (Å²) in [6.07, 6.45) is -8.87. The van der Waals surface area contributed by atoms with Crippen molar-refractivity contribution in [2.75, 3.05) is 0 Å². The molecule has 9 heteroatoms. The Kier molecular flexibility index (Phi) is 3.63. The average Bonchev–Trinajstić information content (AvgIpc) is 2.79.